The van der Waals surface area contributed by atoms with Crippen LogP contribution in [0.5, 0.6) is 0 Å². The van der Waals surface area contributed by atoms with Crippen LogP contribution in [0.3, 0.4) is 0 Å². The highest BCUT2D eigenvalue weighted by atomic mass is 16.5. The van der Waals surface area contributed by atoms with Crippen LogP contribution in [-0.2, 0) is 4.74 Å². The summed E-state index contributed by atoms with van der Waals surface area (Å²) in [5.41, 5.74) is 0. The van der Waals surface area contributed by atoms with Crippen molar-refractivity contribution in [3.8, 4) is 0 Å². The molecule has 1 heteroatoms. The molecule has 0 N–H and O–H groups in total. The van der Waals surface area contributed by atoms with Gasteiger partial charge >= 0.3 is 0 Å². The highest BCUT2D eigenvalue weighted by molar-refractivity contribution is 5.07. The summed E-state index contributed by atoms with van der Waals surface area (Å²) in [7, 11) is 0. The van der Waals surface area contributed by atoms with Gasteiger partial charge in [-0.05, 0) is 25.0 Å². The molecule has 0 bridgehead atoms. The largest absolute Gasteiger partial charge is 0.494 e. The topological polar surface area (TPSA) is 9.23 Å². The molecule has 0 fully saturated rings. The Morgan fingerprint density at radius 3 is 2.60 bits per heavy atom. The molecule has 0 spiro atoms. The molecule has 58 valence electrons. The minimum Gasteiger partial charge on any atom is -0.494 e. The lowest BCUT2D eigenvalue weighted by molar-refractivity contribution is 0.224. The summed E-state index contributed by atoms with van der Waals surface area (Å²) < 4.78 is 5.32. The molecule has 0 unspecified atom stereocenters. The van der Waals surface area contributed by atoms with Gasteiger partial charge in [-0.15, -0.1) is 0 Å². The minimum absolute atomic E-state index is 0.790. The zero-order valence-corrected chi connectivity index (χ0v) is 6.89. The maximum atomic E-state index is 5.32. The van der Waals surface area contributed by atoms with Gasteiger partial charge in [0.1, 0.15) is 5.76 Å². The van der Waals surface area contributed by atoms with E-state index in [-0.39, 0.29) is 0 Å². The van der Waals surface area contributed by atoms with Crippen LogP contribution in [0.25, 0.3) is 0 Å². The van der Waals surface area contributed by atoms with Crippen molar-refractivity contribution in [2.45, 2.75) is 26.7 Å². The van der Waals surface area contributed by atoms with E-state index in [1.54, 1.807) is 6.08 Å². The highest BCUT2D eigenvalue weighted by Crippen LogP contribution is 2.00. The lowest BCUT2D eigenvalue weighted by atomic mass is 10.3. The van der Waals surface area contributed by atoms with Gasteiger partial charge in [0, 0.05) is 0 Å². The number of allylic oxidation sites excluding steroid dienone is 2. The first-order valence-electron chi connectivity index (χ1n) is 3.80. The third-order valence-corrected chi connectivity index (χ3v) is 1.08. The van der Waals surface area contributed by atoms with Crippen LogP contribution < -0.4 is 0 Å². The summed E-state index contributed by atoms with van der Waals surface area (Å²) in [5, 5.41) is 0. The average molecular weight is 140 g/mol. The zero-order valence-electron chi connectivity index (χ0n) is 6.89. The fourth-order valence-electron chi connectivity index (χ4n) is 0.622. The lowest BCUT2D eigenvalue weighted by Gasteiger charge is -2.03. The second kappa shape index (κ2) is 6.40. The fraction of sp³-hybridized carbons (Fsp3) is 0.556. The molecule has 0 aromatic heterocycles. The first-order chi connectivity index (χ1) is 4.85. The van der Waals surface area contributed by atoms with Crippen LogP contribution in [0, 0.1) is 0 Å². The molecule has 0 rings (SSSR count). The van der Waals surface area contributed by atoms with Crippen LogP contribution in [0.15, 0.2) is 24.5 Å². The van der Waals surface area contributed by atoms with Gasteiger partial charge in [0.25, 0.3) is 0 Å². The van der Waals surface area contributed by atoms with Crippen LogP contribution in [0.2, 0.25) is 0 Å². The Labute approximate surface area is 63.4 Å². The normalized spacial score (nSPS) is 11.2. The molecule has 0 amide bonds. The van der Waals surface area contributed by atoms with Crippen molar-refractivity contribution < 1.29 is 4.74 Å². The standard InChI is InChI=1S/C9H16O/c1-4-7-9(6-3)10-8-5-2/h6-7H,3-5,8H2,1-2H3. The van der Waals surface area contributed by atoms with Gasteiger partial charge in [0.15, 0.2) is 0 Å². The number of hydrogen-bond acceptors (Lipinski definition) is 1. The molecule has 0 saturated carbocycles. The third-order valence-electron chi connectivity index (χ3n) is 1.08. The Morgan fingerprint density at radius 2 is 2.20 bits per heavy atom. The number of rotatable bonds is 5. The Kier molecular flexibility index (Phi) is 5.94. The Bertz CT molecular complexity index is 114. The Morgan fingerprint density at radius 1 is 1.50 bits per heavy atom. The highest BCUT2D eigenvalue weighted by Gasteiger charge is 1.87. The average Bonchev–Trinajstić information content (AvgIpc) is 1.98. The van der Waals surface area contributed by atoms with Crippen LogP contribution >= 0.6 is 0 Å². The molecule has 0 aromatic carbocycles. The molecule has 0 atom stereocenters. The predicted octanol–water partition coefficient (Wildman–Crippen LogP) is 2.89. The summed E-state index contributed by atoms with van der Waals surface area (Å²) in [6.45, 7) is 8.60. The van der Waals surface area contributed by atoms with E-state index in [1.165, 1.54) is 0 Å². The van der Waals surface area contributed by atoms with Crippen LogP contribution in [0.4, 0.5) is 0 Å². The van der Waals surface area contributed by atoms with Crippen LogP contribution in [-0.4, -0.2) is 6.61 Å². The summed E-state index contributed by atoms with van der Waals surface area (Å²) in [4.78, 5) is 0. The molecule has 0 aliphatic heterocycles. The quantitative estimate of drug-likeness (QED) is 0.421. The van der Waals surface area contributed by atoms with E-state index in [2.05, 4.69) is 20.4 Å². The van der Waals surface area contributed by atoms with Gasteiger partial charge in [-0.2, -0.15) is 0 Å². The number of ether oxygens (including phenoxy) is 1. The predicted molar refractivity (Wildman–Crippen MR) is 44.8 cm³/mol. The SMILES string of the molecule is C=CC(=CCC)OCCC. The molecule has 0 aliphatic carbocycles. The summed E-state index contributed by atoms with van der Waals surface area (Å²) in [6, 6.07) is 0. The van der Waals surface area contributed by atoms with Gasteiger partial charge < -0.3 is 4.74 Å². The Hall–Kier alpha value is -0.720. The smallest absolute Gasteiger partial charge is 0.114 e. The van der Waals surface area contributed by atoms with E-state index in [1.807, 2.05) is 6.08 Å². The van der Waals surface area contributed by atoms with E-state index >= 15 is 0 Å². The molecule has 0 saturated heterocycles. The van der Waals surface area contributed by atoms with Crippen molar-refractivity contribution in [3.63, 3.8) is 0 Å². The minimum atomic E-state index is 0.790. The Balaban J connectivity index is 3.60. The van der Waals surface area contributed by atoms with E-state index in [0.29, 0.717) is 0 Å². The zero-order chi connectivity index (χ0) is 7.82. The van der Waals surface area contributed by atoms with Gasteiger partial charge in [0.05, 0.1) is 6.61 Å². The molecule has 0 radical (unpaired) electrons. The van der Waals surface area contributed by atoms with Gasteiger partial charge in [-0.3, -0.25) is 0 Å². The molecule has 0 aromatic rings. The second-order valence-corrected chi connectivity index (χ2v) is 2.07. The maximum Gasteiger partial charge on any atom is 0.114 e. The van der Waals surface area contributed by atoms with Crippen molar-refractivity contribution in [3.05, 3.63) is 24.5 Å². The molecular weight excluding hydrogens is 124 g/mol. The van der Waals surface area contributed by atoms with Gasteiger partial charge in [-0.25, -0.2) is 0 Å². The van der Waals surface area contributed by atoms with Crippen molar-refractivity contribution in [2.75, 3.05) is 6.61 Å². The van der Waals surface area contributed by atoms with Gasteiger partial charge in [0.2, 0.25) is 0 Å². The van der Waals surface area contributed by atoms with Crippen molar-refractivity contribution >= 4 is 0 Å². The van der Waals surface area contributed by atoms with E-state index in [4.69, 9.17) is 4.74 Å². The van der Waals surface area contributed by atoms with Crippen LogP contribution in [0.1, 0.15) is 26.7 Å². The van der Waals surface area contributed by atoms with E-state index < -0.39 is 0 Å². The lowest BCUT2D eigenvalue weighted by Crippen LogP contribution is -1.90. The van der Waals surface area contributed by atoms with Crippen molar-refractivity contribution in [1.82, 2.24) is 0 Å². The fourth-order valence-corrected chi connectivity index (χ4v) is 0.622. The van der Waals surface area contributed by atoms with Crippen molar-refractivity contribution in [1.29, 1.82) is 0 Å². The molecule has 0 aliphatic rings. The first kappa shape index (κ1) is 9.28. The number of hydrogen-bond donors (Lipinski definition) is 0. The maximum absolute atomic E-state index is 5.32. The molecular formula is C9H16O. The van der Waals surface area contributed by atoms with Crippen molar-refractivity contribution in [2.24, 2.45) is 0 Å². The summed E-state index contributed by atoms with van der Waals surface area (Å²) in [6.07, 6.45) is 5.84. The van der Waals surface area contributed by atoms with E-state index in [9.17, 15) is 0 Å². The first-order valence-corrected chi connectivity index (χ1v) is 3.80. The third kappa shape index (κ3) is 4.19. The monoisotopic (exact) mass is 140 g/mol. The van der Waals surface area contributed by atoms with Gasteiger partial charge in [-0.1, -0.05) is 20.4 Å². The van der Waals surface area contributed by atoms with E-state index in [0.717, 1.165) is 25.2 Å². The molecule has 1 nitrogen and oxygen atoms in total. The molecule has 10 heavy (non-hydrogen) atoms. The summed E-state index contributed by atoms with van der Waals surface area (Å²) in [5.74, 6) is 0.907. The summed E-state index contributed by atoms with van der Waals surface area (Å²) >= 11 is 0. The second-order valence-electron chi connectivity index (χ2n) is 2.07. The molecule has 0 heterocycles.